The minimum atomic E-state index is -3.07. The van der Waals surface area contributed by atoms with Crippen LogP contribution in [0.4, 0.5) is 0 Å². The van der Waals surface area contributed by atoms with Crippen LogP contribution in [0.15, 0.2) is 34.8 Å². The van der Waals surface area contributed by atoms with Gasteiger partial charge in [0.25, 0.3) is 5.91 Å². The number of carbonyl (C=O) groups excluding carboxylic acids is 2. The van der Waals surface area contributed by atoms with Gasteiger partial charge in [0.1, 0.15) is 0 Å². The van der Waals surface area contributed by atoms with Gasteiger partial charge in [0.15, 0.2) is 15.9 Å². The molecule has 0 aliphatic carbocycles. The fourth-order valence-corrected chi connectivity index (χ4v) is 4.35. The van der Waals surface area contributed by atoms with Gasteiger partial charge in [0, 0.05) is 16.6 Å². The van der Waals surface area contributed by atoms with E-state index in [1.807, 2.05) is 24.3 Å². The Labute approximate surface area is 149 Å². The molecule has 1 saturated heterocycles. The molecule has 0 bridgehead atoms. The van der Waals surface area contributed by atoms with Crippen molar-refractivity contribution in [3.8, 4) is 0 Å². The molecular formula is C16H18BrNO5S. The Morgan fingerprint density at radius 3 is 2.71 bits per heavy atom. The molecular weight excluding hydrogens is 398 g/mol. The van der Waals surface area contributed by atoms with Crippen LogP contribution in [-0.2, 0) is 24.2 Å². The summed E-state index contributed by atoms with van der Waals surface area (Å²) in [4.78, 5) is 23.7. The highest BCUT2D eigenvalue weighted by atomic mass is 79.9. The highest BCUT2D eigenvalue weighted by molar-refractivity contribution is 9.10. The first-order valence-corrected chi connectivity index (χ1v) is 10.0. The fourth-order valence-electron chi connectivity index (χ4n) is 2.26. The molecule has 0 saturated carbocycles. The third-order valence-electron chi connectivity index (χ3n) is 3.55. The summed E-state index contributed by atoms with van der Waals surface area (Å²) in [6, 6.07) is 6.94. The van der Waals surface area contributed by atoms with E-state index in [-0.39, 0.29) is 11.5 Å². The molecule has 1 aliphatic rings. The van der Waals surface area contributed by atoms with E-state index in [0.717, 1.165) is 10.0 Å². The quantitative estimate of drug-likeness (QED) is 0.583. The molecule has 24 heavy (non-hydrogen) atoms. The lowest BCUT2D eigenvalue weighted by molar-refractivity contribution is -0.150. The molecule has 0 radical (unpaired) electrons. The average Bonchev–Trinajstić information content (AvgIpc) is 2.85. The molecule has 0 spiro atoms. The summed E-state index contributed by atoms with van der Waals surface area (Å²) in [7, 11) is -3.07. The van der Waals surface area contributed by atoms with Crippen LogP contribution in [0.3, 0.4) is 0 Å². The zero-order chi connectivity index (χ0) is 17.7. The number of carbonyl (C=O) groups is 2. The molecule has 1 heterocycles. The van der Waals surface area contributed by atoms with Crippen LogP contribution in [-0.4, -0.2) is 43.9 Å². The predicted octanol–water partition coefficient (Wildman–Crippen LogP) is 1.70. The SMILES string of the molecule is C[C@@H](OC(=O)/C=C/c1ccccc1Br)C(=O)N[C@H]1CCS(=O)(=O)C1. The third-order valence-corrected chi connectivity index (χ3v) is 6.04. The lowest BCUT2D eigenvalue weighted by Crippen LogP contribution is -2.42. The van der Waals surface area contributed by atoms with Gasteiger partial charge < -0.3 is 10.1 Å². The molecule has 1 amide bonds. The van der Waals surface area contributed by atoms with Crippen LogP contribution in [0, 0.1) is 0 Å². The van der Waals surface area contributed by atoms with E-state index in [1.54, 1.807) is 6.08 Å². The monoisotopic (exact) mass is 415 g/mol. The van der Waals surface area contributed by atoms with Crippen LogP contribution >= 0.6 is 15.9 Å². The second-order valence-corrected chi connectivity index (χ2v) is 8.63. The summed E-state index contributed by atoms with van der Waals surface area (Å²) < 4.78 is 28.6. The predicted molar refractivity (Wildman–Crippen MR) is 93.9 cm³/mol. The molecule has 130 valence electrons. The first-order valence-electron chi connectivity index (χ1n) is 7.41. The maximum Gasteiger partial charge on any atom is 0.331 e. The number of benzene rings is 1. The van der Waals surface area contributed by atoms with Gasteiger partial charge in [-0.05, 0) is 31.1 Å². The van der Waals surface area contributed by atoms with E-state index >= 15 is 0 Å². The summed E-state index contributed by atoms with van der Waals surface area (Å²) in [5.74, 6) is -1.14. The summed E-state index contributed by atoms with van der Waals surface area (Å²) >= 11 is 3.36. The van der Waals surface area contributed by atoms with Crippen LogP contribution in [0.25, 0.3) is 6.08 Å². The van der Waals surface area contributed by atoms with Crippen molar-refractivity contribution in [1.82, 2.24) is 5.32 Å². The zero-order valence-electron chi connectivity index (χ0n) is 13.1. The van der Waals surface area contributed by atoms with Crippen molar-refractivity contribution in [2.75, 3.05) is 11.5 Å². The molecule has 1 aromatic carbocycles. The van der Waals surface area contributed by atoms with E-state index in [9.17, 15) is 18.0 Å². The van der Waals surface area contributed by atoms with Gasteiger partial charge in [-0.1, -0.05) is 34.1 Å². The Bertz CT molecular complexity index is 759. The van der Waals surface area contributed by atoms with Gasteiger partial charge in [0.05, 0.1) is 11.5 Å². The maximum atomic E-state index is 12.0. The second kappa shape index (κ2) is 7.94. The van der Waals surface area contributed by atoms with Gasteiger partial charge in [-0.2, -0.15) is 0 Å². The molecule has 1 aromatic rings. The summed E-state index contributed by atoms with van der Waals surface area (Å²) in [5, 5.41) is 2.60. The van der Waals surface area contributed by atoms with Gasteiger partial charge in [0.2, 0.25) is 0 Å². The number of amides is 1. The maximum absolute atomic E-state index is 12.0. The molecule has 6 nitrogen and oxygen atoms in total. The van der Waals surface area contributed by atoms with Gasteiger partial charge >= 0.3 is 5.97 Å². The molecule has 1 N–H and O–H groups in total. The number of esters is 1. The van der Waals surface area contributed by atoms with Crippen molar-refractivity contribution < 1.29 is 22.7 Å². The summed E-state index contributed by atoms with van der Waals surface area (Å²) in [5.41, 5.74) is 0.808. The average molecular weight is 416 g/mol. The normalized spacial score (nSPS) is 20.7. The van der Waals surface area contributed by atoms with Gasteiger partial charge in [-0.3, -0.25) is 4.79 Å². The first-order chi connectivity index (χ1) is 11.3. The molecule has 1 fully saturated rings. The summed E-state index contributed by atoms with van der Waals surface area (Å²) in [6.45, 7) is 1.45. The van der Waals surface area contributed by atoms with E-state index in [1.165, 1.54) is 13.0 Å². The van der Waals surface area contributed by atoms with E-state index in [4.69, 9.17) is 4.74 Å². The standard InChI is InChI=1S/C16H18BrNO5S/c1-11(16(20)18-13-8-9-24(21,22)10-13)23-15(19)7-6-12-4-2-3-5-14(12)17/h2-7,11,13H,8-10H2,1H3,(H,18,20)/b7-6+/t11-,13+/m1/s1. The third kappa shape index (κ3) is 5.45. The lowest BCUT2D eigenvalue weighted by atomic mass is 10.2. The molecule has 0 unspecified atom stereocenters. The van der Waals surface area contributed by atoms with Crippen molar-refractivity contribution in [2.45, 2.75) is 25.5 Å². The number of rotatable bonds is 5. The molecule has 8 heteroatoms. The van der Waals surface area contributed by atoms with E-state index in [0.29, 0.717) is 6.42 Å². The Kier molecular flexibility index (Phi) is 6.17. The Hall–Kier alpha value is -1.67. The number of hydrogen-bond donors (Lipinski definition) is 1. The van der Waals surface area contributed by atoms with Gasteiger partial charge in [-0.25, -0.2) is 13.2 Å². The van der Waals surface area contributed by atoms with Crippen LogP contribution in [0.1, 0.15) is 18.9 Å². The second-order valence-electron chi connectivity index (χ2n) is 5.54. The van der Waals surface area contributed by atoms with Crippen molar-refractivity contribution in [2.24, 2.45) is 0 Å². The van der Waals surface area contributed by atoms with Crippen LogP contribution in [0.2, 0.25) is 0 Å². The zero-order valence-corrected chi connectivity index (χ0v) is 15.5. The van der Waals surface area contributed by atoms with Crippen LogP contribution < -0.4 is 5.32 Å². The number of ether oxygens (including phenoxy) is 1. The van der Waals surface area contributed by atoms with Crippen molar-refractivity contribution in [1.29, 1.82) is 0 Å². The molecule has 1 aliphatic heterocycles. The number of nitrogens with one attached hydrogen (secondary N) is 1. The topological polar surface area (TPSA) is 89.5 Å². The smallest absolute Gasteiger partial charge is 0.331 e. The number of sulfone groups is 1. The minimum absolute atomic E-state index is 0.0681. The Morgan fingerprint density at radius 1 is 1.38 bits per heavy atom. The van der Waals surface area contributed by atoms with Crippen LogP contribution in [0.5, 0.6) is 0 Å². The number of hydrogen-bond acceptors (Lipinski definition) is 5. The Morgan fingerprint density at radius 2 is 2.08 bits per heavy atom. The van der Waals surface area contributed by atoms with E-state index < -0.39 is 33.9 Å². The molecule has 0 aromatic heterocycles. The largest absolute Gasteiger partial charge is 0.449 e. The van der Waals surface area contributed by atoms with Gasteiger partial charge in [-0.15, -0.1) is 0 Å². The first kappa shape index (κ1) is 18.7. The highest BCUT2D eigenvalue weighted by Crippen LogP contribution is 2.17. The lowest BCUT2D eigenvalue weighted by Gasteiger charge is -2.15. The summed E-state index contributed by atoms with van der Waals surface area (Å²) in [6.07, 6.45) is 2.21. The highest BCUT2D eigenvalue weighted by Gasteiger charge is 2.30. The minimum Gasteiger partial charge on any atom is -0.449 e. The fraction of sp³-hybridized carbons (Fsp3) is 0.375. The Balaban J connectivity index is 1.85. The van der Waals surface area contributed by atoms with Crippen molar-refractivity contribution in [3.05, 3.63) is 40.4 Å². The molecule has 2 atom stereocenters. The number of halogens is 1. The molecule has 2 rings (SSSR count). The van der Waals surface area contributed by atoms with E-state index in [2.05, 4.69) is 21.2 Å². The van der Waals surface area contributed by atoms with Crippen molar-refractivity contribution >= 4 is 43.7 Å². The van der Waals surface area contributed by atoms with Crippen molar-refractivity contribution in [3.63, 3.8) is 0 Å².